The molecule has 0 fully saturated rings. The van der Waals surface area contributed by atoms with Crippen molar-refractivity contribution in [3.63, 3.8) is 0 Å². The number of ether oxygens (including phenoxy) is 2. The van der Waals surface area contributed by atoms with Crippen molar-refractivity contribution in [2.24, 2.45) is 5.16 Å². The van der Waals surface area contributed by atoms with E-state index in [2.05, 4.69) is 5.16 Å². The highest BCUT2D eigenvalue weighted by Crippen LogP contribution is 2.20. The second-order valence-corrected chi connectivity index (χ2v) is 5.25. The average Bonchev–Trinajstić information content (AvgIpc) is 2.62. The van der Waals surface area contributed by atoms with E-state index in [1.54, 1.807) is 0 Å². The molecule has 2 aromatic rings. The normalized spacial score (nSPS) is 11.0. The van der Waals surface area contributed by atoms with Crippen LogP contribution in [0.3, 0.4) is 0 Å². The molecule has 0 atom stereocenters. The van der Waals surface area contributed by atoms with E-state index >= 15 is 0 Å². The molecule has 0 aliphatic carbocycles. The molecule has 2 rings (SSSR count). The van der Waals surface area contributed by atoms with Crippen LogP contribution >= 0.6 is 0 Å². The number of hydrogen-bond donors (Lipinski definition) is 0. The number of hydrogen-bond acceptors (Lipinski definition) is 5. The number of methoxy groups -OCH3 is 1. The molecule has 0 aliphatic rings. The fraction of sp³-hybridized carbons (Fsp3) is 0.263. The van der Waals surface area contributed by atoms with Gasteiger partial charge < -0.3 is 14.3 Å². The monoisotopic (exact) mass is 327 g/mol. The molecular formula is C19H21NO4. The van der Waals surface area contributed by atoms with E-state index in [1.165, 1.54) is 14.2 Å². The molecule has 0 bridgehead atoms. The molecule has 0 amide bonds. The van der Waals surface area contributed by atoms with Gasteiger partial charge in [0, 0.05) is 6.42 Å². The Kier molecular flexibility index (Phi) is 6.37. The van der Waals surface area contributed by atoms with E-state index in [0.717, 1.165) is 22.4 Å². The lowest BCUT2D eigenvalue weighted by Gasteiger charge is -2.11. The Morgan fingerprint density at radius 1 is 1.08 bits per heavy atom. The number of rotatable bonds is 7. The van der Waals surface area contributed by atoms with Crippen LogP contribution in [-0.4, -0.2) is 25.9 Å². The van der Waals surface area contributed by atoms with Gasteiger partial charge in [-0.1, -0.05) is 41.6 Å². The molecule has 24 heavy (non-hydrogen) atoms. The van der Waals surface area contributed by atoms with Crippen LogP contribution in [-0.2, 0) is 27.4 Å². The maximum Gasteiger partial charge on any atom is 0.356 e. The third kappa shape index (κ3) is 4.84. The SMILES string of the molecule is CO/N=C(\Cc1cc(OCc2ccccc2)ccc1C)C(=O)OC. The lowest BCUT2D eigenvalue weighted by molar-refractivity contribution is -0.133. The van der Waals surface area contributed by atoms with Crippen molar-refractivity contribution in [3.05, 3.63) is 65.2 Å². The molecule has 0 spiro atoms. The molecule has 5 nitrogen and oxygen atoms in total. The minimum atomic E-state index is -0.508. The van der Waals surface area contributed by atoms with Crippen LogP contribution in [0.2, 0.25) is 0 Å². The zero-order valence-corrected chi connectivity index (χ0v) is 14.1. The van der Waals surface area contributed by atoms with Crippen molar-refractivity contribution in [2.45, 2.75) is 20.0 Å². The molecule has 0 saturated heterocycles. The summed E-state index contributed by atoms with van der Waals surface area (Å²) in [6.45, 7) is 2.46. The Morgan fingerprint density at radius 3 is 2.50 bits per heavy atom. The highest BCUT2D eigenvalue weighted by Gasteiger charge is 2.15. The molecule has 0 radical (unpaired) electrons. The zero-order chi connectivity index (χ0) is 17.4. The van der Waals surface area contributed by atoms with Crippen molar-refractivity contribution >= 4 is 11.7 Å². The lowest BCUT2D eigenvalue weighted by Crippen LogP contribution is -2.19. The van der Waals surface area contributed by atoms with Gasteiger partial charge in [0.15, 0.2) is 5.71 Å². The molecule has 0 aromatic heterocycles. The van der Waals surface area contributed by atoms with Crippen LogP contribution in [0.5, 0.6) is 5.75 Å². The molecule has 126 valence electrons. The van der Waals surface area contributed by atoms with Gasteiger partial charge in [0.05, 0.1) is 7.11 Å². The van der Waals surface area contributed by atoms with Crippen LogP contribution in [0.1, 0.15) is 16.7 Å². The molecule has 0 saturated carbocycles. The van der Waals surface area contributed by atoms with Crippen LogP contribution < -0.4 is 4.74 Å². The third-order valence-electron chi connectivity index (χ3n) is 3.55. The standard InChI is InChI=1S/C19H21NO4/c1-14-9-10-17(24-13-15-7-5-4-6-8-15)11-16(14)12-18(20-23-3)19(21)22-2/h4-11H,12-13H2,1-3H3/b20-18+. The van der Waals surface area contributed by atoms with Gasteiger partial charge in [-0.15, -0.1) is 0 Å². The minimum Gasteiger partial charge on any atom is -0.489 e. The molecule has 0 aliphatic heterocycles. The molecular weight excluding hydrogens is 306 g/mol. The molecule has 0 N–H and O–H groups in total. The van der Waals surface area contributed by atoms with E-state index in [0.29, 0.717) is 13.0 Å². The van der Waals surface area contributed by atoms with E-state index in [4.69, 9.17) is 14.3 Å². The fourth-order valence-electron chi connectivity index (χ4n) is 2.22. The lowest BCUT2D eigenvalue weighted by atomic mass is 10.0. The van der Waals surface area contributed by atoms with E-state index in [-0.39, 0.29) is 5.71 Å². The quantitative estimate of drug-likeness (QED) is 0.445. The first-order chi connectivity index (χ1) is 11.6. The summed E-state index contributed by atoms with van der Waals surface area (Å²) in [6, 6.07) is 15.7. The maximum atomic E-state index is 11.7. The summed E-state index contributed by atoms with van der Waals surface area (Å²) in [5.74, 6) is 0.230. The van der Waals surface area contributed by atoms with Gasteiger partial charge in [-0.2, -0.15) is 0 Å². The summed E-state index contributed by atoms with van der Waals surface area (Å²) < 4.78 is 10.6. The van der Waals surface area contributed by atoms with Gasteiger partial charge in [0.25, 0.3) is 0 Å². The van der Waals surface area contributed by atoms with Gasteiger partial charge in [-0.3, -0.25) is 0 Å². The largest absolute Gasteiger partial charge is 0.489 e. The maximum absolute atomic E-state index is 11.7. The second kappa shape index (κ2) is 8.72. The number of carbonyl (C=O) groups is 1. The van der Waals surface area contributed by atoms with Gasteiger partial charge in [-0.05, 0) is 35.7 Å². The molecule has 2 aromatic carbocycles. The fourth-order valence-corrected chi connectivity index (χ4v) is 2.22. The smallest absolute Gasteiger partial charge is 0.356 e. The van der Waals surface area contributed by atoms with Crippen LogP contribution in [0.4, 0.5) is 0 Å². The Bertz CT molecular complexity index is 711. The molecule has 0 unspecified atom stereocenters. The summed E-state index contributed by atoms with van der Waals surface area (Å²) in [7, 11) is 2.72. The van der Waals surface area contributed by atoms with Crippen molar-refractivity contribution in [3.8, 4) is 5.75 Å². The Morgan fingerprint density at radius 2 is 1.83 bits per heavy atom. The Hall–Kier alpha value is -2.82. The first-order valence-corrected chi connectivity index (χ1v) is 7.58. The summed E-state index contributed by atoms with van der Waals surface area (Å²) in [5, 5.41) is 3.76. The number of carbonyl (C=O) groups excluding carboxylic acids is 1. The number of nitrogens with zero attached hydrogens (tertiary/aromatic N) is 1. The van der Waals surface area contributed by atoms with E-state index in [9.17, 15) is 4.79 Å². The minimum absolute atomic E-state index is 0.211. The van der Waals surface area contributed by atoms with Crippen LogP contribution in [0.25, 0.3) is 0 Å². The van der Waals surface area contributed by atoms with Gasteiger partial charge >= 0.3 is 5.97 Å². The van der Waals surface area contributed by atoms with Gasteiger partial charge in [-0.25, -0.2) is 4.79 Å². The zero-order valence-electron chi connectivity index (χ0n) is 14.1. The third-order valence-corrected chi connectivity index (χ3v) is 3.55. The summed E-state index contributed by atoms with van der Waals surface area (Å²) in [4.78, 5) is 16.5. The van der Waals surface area contributed by atoms with Crippen molar-refractivity contribution < 1.29 is 19.1 Å². The second-order valence-electron chi connectivity index (χ2n) is 5.25. The highest BCUT2D eigenvalue weighted by molar-refractivity contribution is 6.36. The van der Waals surface area contributed by atoms with E-state index in [1.807, 2.05) is 55.5 Å². The Balaban J connectivity index is 2.13. The van der Waals surface area contributed by atoms with Gasteiger partial charge in [0.1, 0.15) is 19.5 Å². The van der Waals surface area contributed by atoms with Crippen molar-refractivity contribution in [2.75, 3.05) is 14.2 Å². The van der Waals surface area contributed by atoms with E-state index < -0.39 is 5.97 Å². The first kappa shape index (κ1) is 17.5. The average molecular weight is 327 g/mol. The van der Waals surface area contributed by atoms with Gasteiger partial charge in [0.2, 0.25) is 0 Å². The summed E-state index contributed by atoms with van der Waals surface area (Å²) in [5.41, 5.74) is 3.27. The highest BCUT2D eigenvalue weighted by atomic mass is 16.6. The Labute approximate surface area is 141 Å². The number of benzene rings is 2. The predicted molar refractivity (Wildman–Crippen MR) is 92.1 cm³/mol. The van der Waals surface area contributed by atoms with Crippen molar-refractivity contribution in [1.29, 1.82) is 0 Å². The summed E-state index contributed by atoms with van der Waals surface area (Å²) in [6.07, 6.45) is 0.314. The van der Waals surface area contributed by atoms with Crippen LogP contribution in [0.15, 0.2) is 53.7 Å². The summed E-state index contributed by atoms with van der Waals surface area (Å²) >= 11 is 0. The number of aryl methyl sites for hydroxylation is 1. The molecule has 5 heteroatoms. The first-order valence-electron chi connectivity index (χ1n) is 7.58. The number of oxime groups is 1. The molecule has 0 heterocycles. The topological polar surface area (TPSA) is 57.1 Å². The van der Waals surface area contributed by atoms with Crippen molar-refractivity contribution in [1.82, 2.24) is 0 Å². The van der Waals surface area contributed by atoms with Crippen LogP contribution in [0, 0.1) is 6.92 Å². The predicted octanol–water partition coefficient (Wildman–Crippen LogP) is 3.29. The number of esters is 1.